The molecule has 1 heterocycles. The molecule has 0 saturated heterocycles. The van der Waals surface area contributed by atoms with Gasteiger partial charge in [0.1, 0.15) is 0 Å². The minimum atomic E-state index is -4.74. The molecule has 0 aliphatic carbocycles. The van der Waals surface area contributed by atoms with E-state index in [-0.39, 0.29) is 16.5 Å². The van der Waals surface area contributed by atoms with Gasteiger partial charge in [0.15, 0.2) is 0 Å². The number of nitrogens with zero attached hydrogens (tertiary/aromatic N) is 1. The van der Waals surface area contributed by atoms with Gasteiger partial charge in [-0.25, -0.2) is 8.42 Å². The lowest BCUT2D eigenvalue weighted by Gasteiger charge is -2.19. The highest BCUT2D eigenvalue weighted by Crippen LogP contribution is 2.36. The van der Waals surface area contributed by atoms with Crippen molar-refractivity contribution < 1.29 is 26.4 Å². The van der Waals surface area contributed by atoms with Crippen molar-refractivity contribution in [2.45, 2.75) is 24.0 Å². The number of hydrogen-bond donors (Lipinski definition) is 2. The standard InChI is InChI=1S/C29H23ClF3N3O3S/c30-26-14-11-23(17-25(26)29(31,32)33)35-40(38,39)24-12-9-22(10-13-24)34-28(37)21-7-5-19(6-8-21)18-36-16-15-20-3-1-2-4-27(20)36/h1-14,17,35H,15-16,18H2,(H,34,37). The fraction of sp³-hybridized carbons (Fsp3) is 0.138. The maximum Gasteiger partial charge on any atom is 0.417 e. The number of hydrogen-bond acceptors (Lipinski definition) is 4. The molecule has 0 bridgehead atoms. The lowest BCUT2D eigenvalue weighted by molar-refractivity contribution is -0.137. The third kappa shape index (κ3) is 6.08. The van der Waals surface area contributed by atoms with Crippen molar-refractivity contribution in [1.82, 2.24) is 0 Å². The van der Waals surface area contributed by atoms with Gasteiger partial charge in [0.25, 0.3) is 15.9 Å². The summed E-state index contributed by atoms with van der Waals surface area (Å²) in [5, 5.41) is 2.18. The van der Waals surface area contributed by atoms with E-state index in [0.717, 1.165) is 37.2 Å². The maximum atomic E-state index is 13.1. The predicted molar refractivity (Wildman–Crippen MR) is 149 cm³/mol. The van der Waals surface area contributed by atoms with E-state index in [2.05, 4.69) is 27.1 Å². The van der Waals surface area contributed by atoms with E-state index < -0.39 is 26.8 Å². The molecule has 2 N–H and O–H groups in total. The number of alkyl halides is 3. The molecule has 0 unspecified atom stereocenters. The van der Waals surface area contributed by atoms with Crippen LogP contribution < -0.4 is 14.9 Å². The summed E-state index contributed by atoms with van der Waals surface area (Å²) >= 11 is 5.60. The van der Waals surface area contributed by atoms with Crippen LogP contribution in [0.25, 0.3) is 0 Å². The second kappa shape index (κ2) is 10.9. The summed E-state index contributed by atoms with van der Waals surface area (Å²) in [6.45, 7) is 1.67. The number of anilines is 3. The zero-order valence-corrected chi connectivity index (χ0v) is 22.4. The SMILES string of the molecule is O=C(Nc1ccc(S(=O)(=O)Nc2ccc(Cl)c(C(F)(F)F)c2)cc1)c1ccc(CN2CCc3ccccc32)cc1. The molecule has 4 aromatic rings. The van der Waals surface area contributed by atoms with Crippen LogP contribution in [0.5, 0.6) is 0 Å². The summed E-state index contributed by atoms with van der Waals surface area (Å²) in [5.74, 6) is -0.368. The van der Waals surface area contributed by atoms with Gasteiger partial charge in [-0.15, -0.1) is 0 Å². The van der Waals surface area contributed by atoms with Gasteiger partial charge in [-0.1, -0.05) is 41.9 Å². The Bertz CT molecular complexity index is 1660. The maximum absolute atomic E-state index is 13.1. The summed E-state index contributed by atoms with van der Waals surface area (Å²) in [6, 6.07) is 23.6. The molecule has 0 saturated carbocycles. The van der Waals surface area contributed by atoms with Crippen molar-refractivity contribution in [3.05, 3.63) is 118 Å². The van der Waals surface area contributed by atoms with Crippen LogP contribution in [0.1, 0.15) is 27.0 Å². The first-order valence-corrected chi connectivity index (χ1v) is 14.1. The van der Waals surface area contributed by atoms with Crippen molar-refractivity contribution in [3.63, 3.8) is 0 Å². The van der Waals surface area contributed by atoms with Crippen molar-refractivity contribution >= 4 is 44.6 Å². The molecule has 1 amide bonds. The topological polar surface area (TPSA) is 78.5 Å². The average Bonchev–Trinajstić information content (AvgIpc) is 3.32. The minimum absolute atomic E-state index is 0.193. The molecular formula is C29H23ClF3N3O3S. The number of halogens is 4. The molecule has 0 radical (unpaired) electrons. The fourth-order valence-corrected chi connectivity index (χ4v) is 5.77. The summed E-state index contributed by atoms with van der Waals surface area (Å²) in [7, 11) is -4.20. The van der Waals surface area contributed by atoms with Crippen LogP contribution in [-0.2, 0) is 29.2 Å². The van der Waals surface area contributed by atoms with Crippen LogP contribution >= 0.6 is 11.6 Å². The van der Waals surface area contributed by atoms with E-state index in [9.17, 15) is 26.4 Å². The summed E-state index contributed by atoms with van der Waals surface area (Å²) in [5.41, 5.74) is 2.98. The number of nitrogens with one attached hydrogen (secondary N) is 2. The molecule has 1 aliphatic heterocycles. The highest BCUT2D eigenvalue weighted by Gasteiger charge is 2.33. The Morgan fingerprint density at radius 3 is 2.27 bits per heavy atom. The van der Waals surface area contributed by atoms with E-state index in [4.69, 9.17) is 11.6 Å². The highest BCUT2D eigenvalue weighted by atomic mass is 35.5. The smallest absolute Gasteiger partial charge is 0.367 e. The lowest BCUT2D eigenvalue weighted by atomic mass is 10.1. The third-order valence-corrected chi connectivity index (χ3v) is 8.25. The number of rotatable bonds is 7. The summed E-state index contributed by atoms with van der Waals surface area (Å²) in [4.78, 5) is 14.9. The third-order valence-electron chi connectivity index (χ3n) is 6.52. The molecule has 11 heteroatoms. The van der Waals surface area contributed by atoms with Gasteiger partial charge in [0.2, 0.25) is 0 Å². The normalized spacial score (nSPS) is 13.2. The number of carbonyl (C=O) groups is 1. The van der Waals surface area contributed by atoms with Crippen LogP contribution in [0.15, 0.2) is 95.9 Å². The molecule has 0 atom stereocenters. The zero-order chi connectivity index (χ0) is 28.5. The summed E-state index contributed by atoms with van der Waals surface area (Å²) in [6.07, 6.45) is -3.73. The Morgan fingerprint density at radius 2 is 1.57 bits per heavy atom. The Kier molecular flexibility index (Phi) is 7.48. The Hall–Kier alpha value is -4.02. The number of amides is 1. The Morgan fingerprint density at radius 1 is 0.900 bits per heavy atom. The van der Waals surface area contributed by atoms with Crippen LogP contribution in [0.2, 0.25) is 5.02 Å². The molecule has 40 heavy (non-hydrogen) atoms. The Labute approximate surface area is 234 Å². The van der Waals surface area contributed by atoms with Gasteiger partial charge in [0, 0.05) is 35.7 Å². The first-order valence-electron chi connectivity index (χ1n) is 12.2. The molecule has 4 aromatic carbocycles. The van der Waals surface area contributed by atoms with E-state index in [1.165, 1.54) is 35.5 Å². The monoisotopic (exact) mass is 585 g/mol. The van der Waals surface area contributed by atoms with E-state index >= 15 is 0 Å². The number of benzene rings is 4. The number of fused-ring (bicyclic) bond motifs is 1. The van der Waals surface area contributed by atoms with Crippen LogP contribution in [0.4, 0.5) is 30.2 Å². The van der Waals surface area contributed by atoms with Crippen molar-refractivity contribution in [2.75, 3.05) is 21.5 Å². The Balaban J connectivity index is 1.21. The van der Waals surface area contributed by atoms with Crippen molar-refractivity contribution in [1.29, 1.82) is 0 Å². The molecule has 206 valence electrons. The highest BCUT2D eigenvalue weighted by molar-refractivity contribution is 7.92. The van der Waals surface area contributed by atoms with Gasteiger partial charge < -0.3 is 10.2 Å². The molecular weight excluding hydrogens is 563 g/mol. The van der Waals surface area contributed by atoms with Gasteiger partial charge in [-0.2, -0.15) is 13.2 Å². The minimum Gasteiger partial charge on any atom is -0.367 e. The van der Waals surface area contributed by atoms with Crippen molar-refractivity contribution in [2.24, 2.45) is 0 Å². The lowest BCUT2D eigenvalue weighted by Crippen LogP contribution is -2.19. The van der Waals surface area contributed by atoms with Gasteiger partial charge >= 0.3 is 6.18 Å². The second-order valence-electron chi connectivity index (χ2n) is 9.27. The van der Waals surface area contributed by atoms with Crippen molar-refractivity contribution in [3.8, 4) is 0 Å². The van der Waals surface area contributed by atoms with E-state index in [0.29, 0.717) is 17.3 Å². The molecule has 0 aromatic heterocycles. The van der Waals surface area contributed by atoms with Gasteiger partial charge in [-0.3, -0.25) is 9.52 Å². The van der Waals surface area contributed by atoms with Crippen LogP contribution in [0.3, 0.4) is 0 Å². The average molecular weight is 586 g/mol. The number of para-hydroxylation sites is 1. The predicted octanol–water partition coefficient (Wildman–Crippen LogP) is 6.97. The van der Waals surface area contributed by atoms with Crippen LogP contribution in [-0.4, -0.2) is 20.9 Å². The molecule has 1 aliphatic rings. The number of carbonyl (C=O) groups excluding carboxylic acids is 1. The van der Waals surface area contributed by atoms with Crippen LogP contribution in [0, 0.1) is 0 Å². The first kappa shape index (κ1) is 27.5. The summed E-state index contributed by atoms with van der Waals surface area (Å²) < 4.78 is 66.9. The molecule has 5 rings (SSSR count). The van der Waals surface area contributed by atoms with E-state index in [1.807, 2.05) is 24.3 Å². The molecule has 0 fully saturated rings. The van der Waals surface area contributed by atoms with Gasteiger partial charge in [-0.05, 0) is 78.2 Å². The quantitative estimate of drug-likeness (QED) is 0.245. The fourth-order valence-electron chi connectivity index (χ4n) is 4.49. The first-order chi connectivity index (χ1) is 19.0. The van der Waals surface area contributed by atoms with Gasteiger partial charge in [0.05, 0.1) is 15.5 Å². The zero-order valence-electron chi connectivity index (χ0n) is 20.9. The van der Waals surface area contributed by atoms with E-state index in [1.54, 1.807) is 12.1 Å². The molecule has 0 spiro atoms. The number of sulfonamides is 1. The largest absolute Gasteiger partial charge is 0.417 e. The second-order valence-corrected chi connectivity index (χ2v) is 11.4. The molecule has 6 nitrogen and oxygen atoms in total.